The first-order valence-electron chi connectivity index (χ1n) is 32.0. The number of nitriles is 4. The van der Waals surface area contributed by atoms with E-state index < -0.39 is 45.5 Å². The van der Waals surface area contributed by atoms with Crippen molar-refractivity contribution in [2.24, 2.45) is 0 Å². The third-order valence-corrected chi connectivity index (χ3v) is 16.8. The smallest absolute Gasteiger partial charge is 0.741 e. The average molecular weight is 1590 g/mol. The van der Waals surface area contributed by atoms with Crippen molar-refractivity contribution >= 4 is 34.5 Å². The number of aryl methyl sites for hydroxylation is 6. The standard InChI is InChI=1S/2C30H28BN6.C8H4N2.2C2H3N.2CHF3O3S.2Ni/c2*1-22-19-28(25-13-7-4-8-14-25)32-35(22)31(36-23(2)20-29(33-36)26-15-9-5-10-16-26)37-24(3)21-30(34-37)27-17-11-6-12-18-27;9-5-7-1-2-8(6-10)4-3-7;2*1-2-3;2*2-1(3,4)8(5,6)7;;/h2*4-21,31H,1-3H3;1-4H;2*1H3;2*(H,5,6,7);;/q2*-1;;;;;;2*+2/p-2. The molecular formula is C74H66B2F6N16Ni2O6S2. The van der Waals surface area contributed by atoms with Crippen LogP contribution in [0, 0.1) is 86.9 Å². The number of alkyl halides is 6. The summed E-state index contributed by atoms with van der Waals surface area (Å²) in [6.45, 7) is 15.5. The predicted octanol–water partition coefficient (Wildman–Crippen LogP) is 14.3. The van der Waals surface area contributed by atoms with Gasteiger partial charge in [-0.15, -0.1) is 0 Å². The summed E-state index contributed by atoms with van der Waals surface area (Å²) >= 11 is 0. The maximum absolute atomic E-state index is 10.7. The molecule has 6 heterocycles. The number of nitrogens with zero attached hydrogens (tertiary/aromatic N) is 16. The molecule has 0 spiro atoms. The Morgan fingerprint density at radius 2 is 0.444 bits per heavy atom. The Labute approximate surface area is 641 Å². The Bertz CT molecular complexity index is 4720. The zero-order chi connectivity index (χ0) is 77.5. The predicted molar refractivity (Wildman–Crippen MR) is 391 cm³/mol. The molecule has 0 atom stereocenters. The van der Waals surface area contributed by atoms with E-state index in [0.717, 1.165) is 102 Å². The number of rotatable bonds is 12. The third kappa shape index (κ3) is 23.1. The molecule has 0 fully saturated rings. The van der Waals surface area contributed by atoms with Gasteiger partial charge in [0.15, 0.2) is 20.2 Å². The minimum absolute atomic E-state index is 0. The van der Waals surface area contributed by atoms with E-state index in [-0.39, 0.29) is 33.0 Å². The molecule has 0 amide bonds. The van der Waals surface area contributed by atoms with E-state index in [1.165, 1.54) is 13.8 Å². The fourth-order valence-corrected chi connectivity index (χ4v) is 10.7. The van der Waals surface area contributed by atoms with Crippen molar-refractivity contribution in [3.05, 3.63) is 288 Å². The molecule has 0 aliphatic heterocycles. The summed E-state index contributed by atoms with van der Waals surface area (Å²) in [6, 6.07) is 88.6. The number of hydrogen-bond acceptors (Lipinski definition) is 16. The summed E-state index contributed by atoms with van der Waals surface area (Å²) in [5, 5.41) is 62.0. The number of benzene rings is 7. The van der Waals surface area contributed by atoms with Gasteiger partial charge in [-0.3, -0.25) is 0 Å². The van der Waals surface area contributed by atoms with Gasteiger partial charge in [0.25, 0.3) is 0 Å². The van der Waals surface area contributed by atoms with Crippen LogP contribution in [0.25, 0.3) is 67.5 Å². The van der Waals surface area contributed by atoms with Gasteiger partial charge >= 0.3 is 58.2 Å². The average Bonchev–Trinajstić information content (AvgIpc) is 1.62. The summed E-state index contributed by atoms with van der Waals surface area (Å²) in [6.07, 6.45) is 0. The van der Waals surface area contributed by atoms with Crippen LogP contribution in [0.2, 0.25) is 0 Å². The van der Waals surface area contributed by atoms with Gasteiger partial charge in [0, 0.05) is 47.2 Å². The molecule has 0 bridgehead atoms. The fourth-order valence-electron chi connectivity index (χ4n) is 10.7. The minimum Gasteiger partial charge on any atom is -0.741 e. The molecule has 6 aromatic heterocycles. The van der Waals surface area contributed by atoms with E-state index in [2.05, 4.69) is 178 Å². The molecule has 7 aromatic carbocycles. The molecule has 13 aromatic rings. The maximum Gasteiger partial charge on any atom is 2.00 e. The second-order valence-corrected chi connectivity index (χ2v) is 25.9. The first-order valence-corrected chi connectivity index (χ1v) is 34.8. The molecular weight excluding hydrogens is 1530 g/mol. The van der Waals surface area contributed by atoms with Crippen LogP contribution in [0.5, 0.6) is 0 Å². The second-order valence-electron chi connectivity index (χ2n) is 23.1. The fraction of sp³-hybridized carbons (Fsp3) is 0.135. The van der Waals surface area contributed by atoms with Crippen molar-refractivity contribution < 1.29 is 85.3 Å². The van der Waals surface area contributed by atoms with E-state index in [1.807, 2.05) is 121 Å². The van der Waals surface area contributed by atoms with Crippen LogP contribution in [0.1, 0.15) is 59.1 Å². The first-order chi connectivity index (χ1) is 50.4. The molecule has 13 rings (SSSR count). The van der Waals surface area contributed by atoms with E-state index in [9.17, 15) is 26.3 Å². The molecule has 0 aliphatic carbocycles. The third-order valence-electron chi connectivity index (χ3n) is 15.6. The normalized spacial score (nSPS) is 10.7. The number of halogens is 6. The topological polar surface area (TPSA) is 316 Å². The van der Waals surface area contributed by atoms with E-state index in [4.69, 9.17) is 77.6 Å². The molecule has 0 radical (unpaired) electrons. The van der Waals surface area contributed by atoms with Gasteiger partial charge in [0.1, 0.15) is 0 Å². The van der Waals surface area contributed by atoms with Gasteiger partial charge in [0.05, 0.1) is 69.6 Å². The molecule has 0 saturated carbocycles. The Morgan fingerprint density at radius 3 is 0.556 bits per heavy atom. The molecule has 34 heteroatoms. The molecule has 558 valence electrons. The first kappa shape index (κ1) is 86.9. The maximum atomic E-state index is 10.7. The Balaban J connectivity index is 0.000000273. The SMILES string of the molecule is CC#N.CC#N.Cc1cc(-c2ccccc2)nn1[BH-](n1nc(-c2ccccc2)cc1C)n1nc(-c2ccccc2)cc1C.Cc1cc(-c2ccccc2)nn1[BH-](n1nc(-c2ccccc2)cc1C)n1nc(-c2ccccc2)cc1C.N#Cc1ccc(C#N)cc1.O=S(=O)([O-])C(F)(F)F.O=S(=O)([O-])C(F)(F)F.[Ni+2].[Ni+2]. The summed E-state index contributed by atoms with van der Waals surface area (Å²) in [7, 11) is -15.3. The molecule has 0 saturated heterocycles. The minimum atomic E-state index is -6.09. The Morgan fingerprint density at radius 1 is 0.315 bits per heavy atom. The summed E-state index contributed by atoms with van der Waals surface area (Å²) in [4.78, 5) is 0. The van der Waals surface area contributed by atoms with Crippen LogP contribution < -0.4 is 0 Å². The van der Waals surface area contributed by atoms with Crippen LogP contribution in [-0.2, 0) is 53.2 Å². The number of hydrogen-bond donors (Lipinski definition) is 0. The van der Waals surface area contributed by atoms with Crippen molar-refractivity contribution in [1.29, 1.82) is 21.0 Å². The molecule has 22 nitrogen and oxygen atoms in total. The van der Waals surface area contributed by atoms with Gasteiger partial charge in [0.2, 0.25) is 0 Å². The van der Waals surface area contributed by atoms with Crippen molar-refractivity contribution in [3.8, 4) is 91.8 Å². The largest absolute Gasteiger partial charge is 2.00 e. The van der Waals surface area contributed by atoms with Gasteiger partial charge in [-0.05, 0) is 136 Å². The van der Waals surface area contributed by atoms with Crippen LogP contribution in [0.15, 0.2) is 243 Å². The summed E-state index contributed by atoms with van der Waals surface area (Å²) < 4.78 is 130. The van der Waals surface area contributed by atoms with Crippen molar-refractivity contribution in [2.75, 3.05) is 0 Å². The number of aromatic nitrogens is 12. The Kier molecular flexibility index (Phi) is 31.9. The van der Waals surface area contributed by atoms with Gasteiger partial charge < -0.3 is 36.7 Å². The van der Waals surface area contributed by atoms with Crippen molar-refractivity contribution in [2.45, 2.75) is 66.4 Å². The van der Waals surface area contributed by atoms with Gasteiger partial charge in [-0.1, -0.05) is 182 Å². The van der Waals surface area contributed by atoms with Gasteiger partial charge in [-0.25, -0.2) is 47.4 Å². The van der Waals surface area contributed by atoms with Crippen LogP contribution in [0.3, 0.4) is 0 Å². The molecule has 108 heavy (non-hydrogen) atoms. The van der Waals surface area contributed by atoms with Crippen LogP contribution >= 0.6 is 0 Å². The zero-order valence-electron chi connectivity index (χ0n) is 58.8. The second kappa shape index (κ2) is 39.6. The van der Waals surface area contributed by atoms with E-state index in [1.54, 1.807) is 36.4 Å². The summed E-state index contributed by atoms with van der Waals surface area (Å²) in [5.41, 5.74) is 8.43. The van der Waals surface area contributed by atoms with E-state index in [0.29, 0.717) is 11.1 Å². The summed E-state index contributed by atoms with van der Waals surface area (Å²) in [5.74, 6) is 0. The van der Waals surface area contributed by atoms with Crippen LogP contribution in [0.4, 0.5) is 26.3 Å². The molecule has 0 N–H and O–H groups in total. The molecule has 0 aliphatic rings. The van der Waals surface area contributed by atoms with Crippen molar-refractivity contribution in [3.63, 3.8) is 0 Å². The van der Waals surface area contributed by atoms with Crippen molar-refractivity contribution in [1.82, 2.24) is 58.1 Å². The Hall–Kier alpha value is -11.7. The molecule has 0 unspecified atom stereocenters. The van der Waals surface area contributed by atoms with E-state index >= 15 is 0 Å². The van der Waals surface area contributed by atoms with Gasteiger partial charge in [-0.2, -0.15) is 47.4 Å². The zero-order valence-corrected chi connectivity index (χ0v) is 62.4. The van der Waals surface area contributed by atoms with Crippen LogP contribution in [-0.4, -0.2) is 109 Å². The monoisotopic (exact) mass is 1590 g/mol. The quantitative estimate of drug-likeness (QED) is 0.0475.